The smallest absolute Gasteiger partial charge is 0.336 e. The van der Waals surface area contributed by atoms with Crippen LogP contribution in [0.3, 0.4) is 0 Å². The number of rotatable bonds is 9. The summed E-state index contributed by atoms with van der Waals surface area (Å²) in [4.78, 5) is 24.8. The molecule has 0 spiro atoms. The number of nitrogen functional groups attached to an aromatic ring is 1. The molecule has 0 aliphatic rings. The van der Waals surface area contributed by atoms with Crippen molar-refractivity contribution in [2.45, 2.75) is 26.8 Å². The van der Waals surface area contributed by atoms with Gasteiger partial charge in [-0.15, -0.1) is 0 Å². The first-order valence-electron chi connectivity index (χ1n) is 12.1. The molecular weight excluding hydrogens is 468 g/mol. The summed E-state index contributed by atoms with van der Waals surface area (Å²) in [7, 11) is 1.49. The van der Waals surface area contributed by atoms with Crippen molar-refractivity contribution in [1.82, 2.24) is 9.88 Å². The van der Waals surface area contributed by atoms with Crippen LogP contribution in [-0.2, 0) is 13.0 Å². The summed E-state index contributed by atoms with van der Waals surface area (Å²) >= 11 is 0. The molecule has 0 fully saturated rings. The number of hydrogen-bond acceptors (Lipinski definition) is 4. The summed E-state index contributed by atoms with van der Waals surface area (Å²) in [5, 5.41) is 21.6. The molecule has 0 bridgehead atoms. The van der Waals surface area contributed by atoms with Gasteiger partial charge in [-0.2, -0.15) is 0 Å². The minimum atomic E-state index is -1.08. The van der Waals surface area contributed by atoms with E-state index in [1.165, 1.54) is 13.2 Å². The summed E-state index contributed by atoms with van der Waals surface area (Å²) in [5.74, 6) is -0.853. The molecular formula is C29H30N4O4. The summed E-state index contributed by atoms with van der Waals surface area (Å²) < 4.78 is 7.36. The average Bonchev–Trinajstić information content (AvgIpc) is 3.25. The number of nitrogens with zero attached hydrogens (tertiary/aromatic N) is 1. The van der Waals surface area contributed by atoms with Gasteiger partial charge < -0.3 is 25.5 Å². The summed E-state index contributed by atoms with van der Waals surface area (Å²) in [6.07, 6.45) is 2.58. The maximum absolute atomic E-state index is 12.6. The third-order valence-corrected chi connectivity index (χ3v) is 6.45. The van der Waals surface area contributed by atoms with Crippen LogP contribution >= 0.6 is 0 Å². The fourth-order valence-corrected chi connectivity index (χ4v) is 4.59. The van der Waals surface area contributed by atoms with Crippen molar-refractivity contribution in [2.75, 3.05) is 13.7 Å². The van der Waals surface area contributed by atoms with Gasteiger partial charge in [0.15, 0.2) is 0 Å². The molecule has 8 heteroatoms. The molecule has 0 saturated heterocycles. The number of carbonyl (C=O) groups excluding carboxylic acids is 1. The molecule has 5 N–H and O–H groups in total. The van der Waals surface area contributed by atoms with Gasteiger partial charge in [-0.1, -0.05) is 18.2 Å². The number of nitrogens with one attached hydrogen (secondary N) is 2. The predicted molar refractivity (Wildman–Crippen MR) is 145 cm³/mol. The lowest BCUT2D eigenvalue weighted by Crippen LogP contribution is -2.22. The highest BCUT2D eigenvalue weighted by molar-refractivity contribution is 6.01. The number of carboxylic acids is 1. The number of hydrogen-bond donors (Lipinski definition) is 4. The van der Waals surface area contributed by atoms with Crippen molar-refractivity contribution in [2.24, 2.45) is 5.73 Å². The third-order valence-electron chi connectivity index (χ3n) is 6.45. The van der Waals surface area contributed by atoms with Crippen molar-refractivity contribution >= 4 is 28.6 Å². The highest BCUT2D eigenvalue weighted by atomic mass is 16.5. The number of aryl methyl sites for hydroxylation is 1. The van der Waals surface area contributed by atoms with Gasteiger partial charge in [0, 0.05) is 47.7 Å². The number of aromatic nitrogens is 1. The van der Waals surface area contributed by atoms with E-state index in [0.29, 0.717) is 41.0 Å². The minimum Gasteiger partial charge on any atom is -0.497 e. The van der Waals surface area contributed by atoms with Crippen molar-refractivity contribution in [3.63, 3.8) is 0 Å². The van der Waals surface area contributed by atoms with Crippen molar-refractivity contribution in [3.8, 4) is 16.9 Å². The van der Waals surface area contributed by atoms with E-state index in [0.717, 1.165) is 28.6 Å². The first-order valence-corrected chi connectivity index (χ1v) is 12.1. The quantitative estimate of drug-likeness (QED) is 0.197. The second-order valence-corrected chi connectivity index (χ2v) is 8.71. The minimum absolute atomic E-state index is 0.0104. The molecule has 0 aliphatic heterocycles. The molecule has 0 radical (unpaired) electrons. The predicted octanol–water partition coefficient (Wildman–Crippen LogP) is 4.66. The van der Waals surface area contributed by atoms with Crippen LogP contribution in [0.25, 0.3) is 22.0 Å². The molecule has 0 aliphatic carbocycles. The molecule has 8 nitrogen and oxygen atoms in total. The Morgan fingerprint density at radius 1 is 1.00 bits per heavy atom. The van der Waals surface area contributed by atoms with Gasteiger partial charge >= 0.3 is 5.97 Å². The zero-order valence-electron chi connectivity index (χ0n) is 21.1. The molecule has 4 rings (SSSR count). The van der Waals surface area contributed by atoms with Crippen LogP contribution in [-0.4, -0.2) is 41.0 Å². The number of benzene rings is 3. The first kappa shape index (κ1) is 25.5. The van der Waals surface area contributed by atoms with Crippen LogP contribution in [0.4, 0.5) is 0 Å². The Morgan fingerprint density at radius 3 is 2.41 bits per heavy atom. The van der Waals surface area contributed by atoms with Crippen molar-refractivity contribution in [3.05, 3.63) is 88.6 Å². The van der Waals surface area contributed by atoms with Crippen LogP contribution in [0.2, 0.25) is 0 Å². The van der Waals surface area contributed by atoms with Gasteiger partial charge in [0.1, 0.15) is 11.6 Å². The zero-order chi connectivity index (χ0) is 26.7. The second-order valence-electron chi connectivity index (χ2n) is 8.71. The van der Waals surface area contributed by atoms with Crippen molar-refractivity contribution in [1.29, 1.82) is 5.41 Å². The van der Waals surface area contributed by atoms with Gasteiger partial charge in [-0.05, 0) is 72.5 Å². The number of carbonyl (C=O) groups is 2. The van der Waals surface area contributed by atoms with E-state index in [2.05, 4.69) is 16.1 Å². The fourth-order valence-electron chi connectivity index (χ4n) is 4.59. The van der Waals surface area contributed by atoms with Gasteiger partial charge in [0.25, 0.3) is 5.91 Å². The fraction of sp³-hybridized carbons (Fsp3) is 0.207. The number of ether oxygens (including phenoxy) is 1. The van der Waals surface area contributed by atoms with Gasteiger partial charge in [-0.25, -0.2) is 4.79 Å². The largest absolute Gasteiger partial charge is 0.497 e. The van der Waals surface area contributed by atoms with Gasteiger partial charge in [-0.3, -0.25) is 10.2 Å². The molecule has 1 amide bonds. The molecule has 1 aromatic heterocycles. The van der Waals surface area contributed by atoms with Crippen LogP contribution < -0.4 is 15.8 Å². The number of fused-ring (bicyclic) bond motifs is 1. The lowest BCUT2D eigenvalue weighted by molar-refractivity contribution is 0.0697. The molecule has 0 atom stereocenters. The van der Waals surface area contributed by atoms with E-state index in [1.54, 1.807) is 24.3 Å². The average molecular weight is 499 g/mol. The van der Waals surface area contributed by atoms with Gasteiger partial charge in [0.05, 0.1) is 12.7 Å². The van der Waals surface area contributed by atoms with E-state index < -0.39 is 5.97 Å². The van der Waals surface area contributed by atoms with Crippen LogP contribution in [0.1, 0.15) is 51.3 Å². The zero-order valence-corrected chi connectivity index (χ0v) is 21.1. The standard InChI is InChI=1S/C29H30N4O4/c1-4-32-28(34)19-7-6-17(24(13-19)23-11-9-21(37-3)15-25(23)29(35)36)12-20-16-33(5-2)26-14-18(27(30)31)8-10-22(20)26/h6-11,13-16H,4-5,12H2,1-3H3,(H3,30,31)(H,32,34)(H,35,36). The molecule has 4 aromatic rings. The Kier molecular flexibility index (Phi) is 7.29. The third kappa shape index (κ3) is 5.04. The van der Waals surface area contributed by atoms with Crippen LogP contribution in [0, 0.1) is 5.41 Å². The first-order chi connectivity index (χ1) is 17.8. The topological polar surface area (TPSA) is 130 Å². The Labute approximate surface area is 215 Å². The second kappa shape index (κ2) is 10.6. The maximum Gasteiger partial charge on any atom is 0.336 e. The number of aromatic carboxylic acids is 1. The normalized spacial score (nSPS) is 10.9. The molecule has 1 heterocycles. The highest BCUT2D eigenvalue weighted by Crippen LogP contribution is 2.34. The Hall–Kier alpha value is -4.59. The Bertz CT molecular complexity index is 1520. The summed E-state index contributed by atoms with van der Waals surface area (Å²) in [5.41, 5.74) is 11.0. The summed E-state index contributed by atoms with van der Waals surface area (Å²) in [6, 6.07) is 16.0. The maximum atomic E-state index is 12.6. The molecule has 190 valence electrons. The number of amides is 1. The van der Waals surface area contributed by atoms with E-state index in [1.807, 2.05) is 38.1 Å². The highest BCUT2D eigenvalue weighted by Gasteiger charge is 2.19. The van der Waals surface area contributed by atoms with E-state index >= 15 is 0 Å². The van der Waals surface area contributed by atoms with Gasteiger partial charge in [0.2, 0.25) is 0 Å². The number of carboxylic acid groups (broad SMARTS) is 1. The lowest BCUT2D eigenvalue weighted by Gasteiger charge is -2.15. The summed E-state index contributed by atoms with van der Waals surface area (Å²) in [6.45, 7) is 5.12. The van der Waals surface area contributed by atoms with Crippen LogP contribution in [0.15, 0.2) is 60.8 Å². The molecule has 37 heavy (non-hydrogen) atoms. The number of methoxy groups -OCH3 is 1. The molecule has 0 saturated carbocycles. The van der Waals surface area contributed by atoms with E-state index in [4.69, 9.17) is 15.9 Å². The number of nitrogens with two attached hydrogens (primary N) is 1. The van der Waals surface area contributed by atoms with E-state index in [-0.39, 0.29) is 17.3 Å². The monoisotopic (exact) mass is 498 g/mol. The molecule has 3 aromatic carbocycles. The van der Waals surface area contributed by atoms with Crippen LogP contribution in [0.5, 0.6) is 5.75 Å². The van der Waals surface area contributed by atoms with E-state index in [9.17, 15) is 14.7 Å². The SMILES string of the molecule is CCNC(=O)c1ccc(Cc2cn(CC)c3cc(C(=N)N)ccc23)c(-c2ccc(OC)cc2C(=O)O)c1. The molecule has 0 unspecified atom stereocenters. The Morgan fingerprint density at radius 2 is 1.76 bits per heavy atom. The van der Waals surface area contributed by atoms with Crippen molar-refractivity contribution < 1.29 is 19.4 Å². The number of amidine groups is 1. The Balaban J connectivity index is 1.90. The lowest BCUT2D eigenvalue weighted by atomic mass is 9.90.